The molecule has 0 bridgehead atoms. The number of benzene rings is 2. The van der Waals surface area contributed by atoms with Crippen molar-refractivity contribution < 1.29 is 29.3 Å². The van der Waals surface area contributed by atoms with Crippen LogP contribution in [0.1, 0.15) is 39.6 Å². The summed E-state index contributed by atoms with van der Waals surface area (Å²) in [6.45, 7) is 1.71. The molecule has 2 rings (SSSR count). The standard InChI is InChI=1S/C20H21NO6/c1-4-20(19(24)25,21(2)3)16-13-9-8-12-15(16)18(23)27-26-17(22)14-10-6-5-7-11-14/h5-13H,4H2,1-3H3,(H,24,25). The van der Waals surface area contributed by atoms with Gasteiger partial charge in [-0.2, -0.15) is 0 Å². The van der Waals surface area contributed by atoms with Crippen LogP contribution in [-0.2, 0) is 20.1 Å². The quantitative estimate of drug-likeness (QED) is 0.616. The highest BCUT2D eigenvalue weighted by Crippen LogP contribution is 2.33. The Labute approximate surface area is 157 Å². The molecule has 0 aliphatic rings. The summed E-state index contributed by atoms with van der Waals surface area (Å²) in [7, 11) is 3.24. The number of carboxylic acids is 1. The van der Waals surface area contributed by atoms with Crippen LogP contribution in [0.4, 0.5) is 0 Å². The van der Waals surface area contributed by atoms with Crippen LogP contribution in [0.2, 0.25) is 0 Å². The minimum absolute atomic E-state index is 0.0105. The first kappa shape index (κ1) is 20.1. The molecule has 0 heterocycles. The second kappa shape index (κ2) is 8.46. The van der Waals surface area contributed by atoms with E-state index >= 15 is 0 Å². The molecule has 1 N–H and O–H groups in total. The van der Waals surface area contributed by atoms with Gasteiger partial charge in [0, 0.05) is 0 Å². The Kier molecular flexibility index (Phi) is 6.31. The lowest BCUT2D eigenvalue weighted by Gasteiger charge is -2.36. The summed E-state index contributed by atoms with van der Waals surface area (Å²) < 4.78 is 0. The predicted octanol–water partition coefficient (Wildman–Crippen LogP) is 2.87. The molecule has 27 heavy (non-hydrogen) atoms. The SMILES string of the molecule is CCC(C(=O)O)(c1ccccc1C(=O)OOC(=O)c1ccccc1)N(C)C. The van der Waals surface area contributed by atoms with Crippen LogP contribution in [-0.4, -0.2) is 42.0 Å². The van der Waals surface area contributed by atoms with E-state index in [0.717, 1.165) is 0 Å². The average molecular weight is 371 g/mol. The number of likely N-dealkylation sites (N-methyl/N-ethyl adjacent to an activating group) is 1. The van der Waals surface area contributed by atoms with Crippen molar-refractivity contribution in [3.05, 3.63) is 71.3 Å². The number of rotatable bonds is 6. The van der Waals surface area contributed by atoms with Crippen LogP contribution in [0, 0.1) is 0 Å². The highest BCUT2D eigenvalue weighted by Gasteiger charge is 2.43. The van der Waals surface area contributed by atoms with Crippen molar-refractivity contribution >= 4 is 17.9 Å². The lowest BCUT2D eigenvalue weighted by molar-refractivity contribution is -0.187. The van der Waals surface area contributed by atoms with Crippen LogP contribution >= 0.6 is 0 Å². The predicted molar refractivity (Wildman–Crippen MR) is 97.0 cm³/mol. The van der Waals surface area contributed by atoms with Gasteiger partial charge >= 0.3 is 17.9 Å². The largest absolute Gasteiger partial charge is 0.480 e. The number of aliphatic carboxylic acids is 1. The summed E-state index contributed by atoms with van der Waals surface area (Å²) >= 11 is 0. The van der Waals surface area contributed by atoms with E-state index in [9.17, 15) is 19.5 Å². The zero-order valence-electron chi connectivity index (χ0n) is 15.3. The Hall–Kier alpha value is -3.19. The molecule has 0 saturated carbocycles. The highest BCUT2D eigenvalue weighted by molar-refractivity contribution is 5.95. The highest BCUT2D eigenvalue weighted by atomic mass is 17.2. The van der Waals surface area contributed by atoms with Gasteiger partial charge in [0.1, 0.15) is 5.54 Å². The van der Waals surface area contributed by atoms with Crippen molar-refractivity contribution in [2.45, 2.75) is 18.9 Å². The van der Waals surface area contributed by atoms with Crippen molar-refractivity contribution in [2.75, 3.05) is 14.1 Å². The van der Waals surface area contributed by atoms with Crippen molar-refractivity contribution in [1.82, 2.24) is 4.90 Å². The maximum atomic E-state index is 12.5. The Morgan fingerprint density at radius 3 is 2.04 bits per heavy atom. The van der Waals surface area contributed by atoms with E-state index in [-0.39, 0.29) is 23.1 Å². The number of hydrogen-bond acceptors (Lipinski definition) is 6. The molecule has 0 aliphatic heterocycles. The van der Waals surface area contributed by atoms with Crippen LogP contribution in [0.25, 0.3) is 0 Å². The van der Waals surface area contributed by atoms with Crippen LogP contribution in [0.15, 0.2) is 54.6 Å². The molecule has 2 aromatic carbocycles. The van der Waals surface area contributed by atoms with Crippen LogP contribution in [0.5, 0.6) is 0 Å². The molecule has 1 atom stereocenters. The van der Waals surface area contributed by atoms with Gasteiger partial charge in [-0.15, -0.1) is 0 Å². The van der Waals surface area contributed by atoms with Crippen LogP contribution in [0.3, 0.4) is 0 Å². The van der Waals surface area contributed by atoms with E-state index in [1.54, 1.807) is 57.4 Å². The summed E-state index contributed by atoms with van der Waals surface area (Å²) in [4.78, 5) is 47.3. The van der Waals surface area contributed by atoms with E-state index in [4.69, 9.17) is 0 Å². The molecule has 7 heteroatoms. The van der Waals surface area contributed by atoms with Gasteiger partial charge in [0.2, 0.25) is 0 Å². The molecule has 0 aliphatic carbocycles. The molecule has 0 saturated heterocycles. The summed E-state index contributed by atoms with van der Waals surface area (Å²) in [6, 6.07) is 14.3. The second-order valence-electron chi connectivity index (χ2n) is 6.07. The van der Waals surface area contributed by atoms with Gasteiger partial charge in [-0.3, -0.25) is 4.90 Å². The molecule has 0 amide bonds. The normalized spacial score (nSPS) is 12.9. The fourth-order valence-electron chi connectivity index (χ4n) is 2.97. The van der Waals surface area contributed by atoms with Gasteiger partial charge in [-0.05, 0) is 44.3 Å². The van der Waals surface area contributed by atoms with Crippen molar-refractivity contribution in [3.8, 4) is 0 Å². The first-order valence-electron chi connectivity index (χ1n) is 8.33. The first-order valence-corrected chi connectivity index (χ1v) is 8.33. The number of nitrogens with zero attached hydrogens (tertiary/aromatic N) is 1. The average Bonchev–Trinajstić information content (AvgIpc) is 2.67. The van der Waals surface area contributed by atoms with Gasteiger partial charge in [0.05, 0.1) is 11.1 Å². The van der Waals surface area contributed by atoms with Gasteiger partial charge in [0.15, 0.2) is 0 Å². The number of carboxylic acid groups (broad SMARTS) is 1. The molecule has 7 nitrogen and oxygen atoms in total. The van der Waals surface area contributed by atoms with Gasteiger partial charge in [0.25, 0.3) is 0 Å². The van der Waals surface area contributed by atoms with E-state index in [1.165, 1.54) is 23.1 Å². The summed E-state index contributed by atoms with van der Waals surface area (Å²) in [5.74, 6) is -2.87. The Morgan fingerprint density at radius 2 is 1.48 bits per heavy atom. The zero-order chi connectivity index (χ0) is 20.0. The molecule has 0 radical (unpaired) electrons. The first-order chi connectivity index (χ1) is 12.8. The van der Waals surface area contributed by atoms with E-state index < -0.39 is 23.4 Å². The summed E-state index contributed by atoms with van der Waals surface area (Å²) in [5.41, 5.74) is -0.943. The summed E-state index contributed by atoms with van der Waals surface area (Å²) in [5, 5.41) is 9.84. The topological polar surface area (TPSA) is 93.1 Å². The zero-order valence-corrected chi connectivity index (χ0v) is 15.3. The van der Waals surface area contributed by atoms with E-state index in [1.807, 2.05) is 0 Å². The molecule has 0 spiro atoms. The van der Waals surface area contributed by atoms with Crippen molar-refractivity contribution in [1.29, 1.82) is 0 Å². The van der Waals surface area contributed by atoms with Gasteiger partial charge < -0.3 is 5.11 Å². The van der Waals surface area contributed by atoms with Gasteiger partial charge in [-0.1, -0.05) is 43.3 Å². The number of hydrogen-bond donors (Lipinski definition) is 1. The third kappa shape index (κ3) is 3.98. The molecule has 0 fully saturated rings. The fraction of sp³-hybridized carbons (Fsp3) is 0.250. The molecule has 142 valence electrons. The monoisotopic (exact) mass is 371 g/mol. The minimum Gasteiger partial charge on any atom is -0.480 e. The Bertz CT molecular complexity index is 833. The minimum atomic E-state index is -1.43. The summed E-state index contributed by atoms with van der Waals surface area (Å²) in [6.07, 6.45) is 0.212. The lowest BCUT2D eigenvalue weighted by atomic mass is 9.83. The Balaban J connectivity index is 2.30. The number of carbonyl (C=O) groups excluding carboxylic acids is 2. The second-order valence-corrected chi connectivity index (χ2v) is 6.07. The third-order valence-electron chi connectivity index (χ3n) is 4.42. The molecule has 0 aromatic heterocycles. The maximum absolute atomic E-state index is 12.5. The third-order valence-corrected chi connectivity index (χ3v) is 4.42. The molecular weight excluding hydrogens is 350 g/mol. The van der Waals surface area contributed by atoms with E-state index in [0.29, 0.717) is 0 Å². The molecule has 2 aromatic rings. The van der Waals surface area contributed by atoms with E-state index in [2.05, 4.69) is 9.78 Å². The lowest BCUT2D eigenvalue weighted by Crippen LogP contribution is -2.48. The van der Waals surface area contributed by atoms with Crippen LogP contribution < -0.4 is 0 Å². The Morgan fingerprint density at radius 1 is 0.926 bits per heavy atom. The molecule has 1 unspecified atom stereocenters. The maximum Gasteiger partial charge on any atom is 0.386 e. The van der Waals surface area contributed by atoms with Crippen molar-refractivity contribution in [2.24, 2.45) is 0 Å². The van der Waals surface area contributed by atoms with Gasteiger partial charge in [-0.25, -0.2) is 24.2 Å². The van der Waals surface area contributed by atoms with Crippen molar-refractivity contribution in [3.63, 3.8) is 0 Å². The smallest absolute Gasteiger partial charge is 0.386 e. The fourth-order valence-corrected chi connectivity index (χ4v) is 2.97. The number of carbonyl (C=O) groups is 3. The molecular formula is C20H21NO6.